The summed E-state index contributed by atoms with van der Waals surface area (Å²) in [6, 6.07) is 8.78. The van der Waals surface area contributed by atoms with Gasteiger partial charge in [0.1, 0.15) is 0 Å². The molecule has 1 aliphatic heterocycles. The first-order valence-electron chi connectivity index (χ1n) is 9.25. The summed E-state index contributed by atoms with van der Waals surface area (Å²) in [5, 5.41) is 5.20. The summed E-state index contributed by atoms with van der Waals surface area (Å²) in [5.74, 6) is 0.432. The van der Waals surface area contributed by atoms with Crippen LogP contribution in [0.25, 0.3) is 0 Å². The third-order valence-corrected chi connectivity index (χ3v) is 5.70. The maximum absolute atomic E-state index is 12.6. The maximum atomic E-state index is 12.6. The summed E-state index contributed by atoms with van der Waals surface area (Å²) in [6.07, 6.45) is 4.83. The number of aryl methyl sites for hydroxylation is 2. The van der Waals surface area contributed by atoms with Crippen LogP contribution in [0.15, 0.2) is 35.1 Å². The smallest absolute Gasteiger partial charge is 0.267 e. The maximum Gasteiger partial charge on any atom is 0.267 e. The van der Waals surface area contributed by atoms with Gasteiger partial charge in [-0.15, -0.1) is 0 Å². The fourth-order valence-electron chi connectivity index (χ4n) is 3.91. The van der Waals surface area contributed by atoms with Gasteiger partial charge in [-0.05, 0) is 67.9 Å². The van der Waals surface area contributed by atoms with Gasteiger partial charge >= 0.3 is 0 Å². The second kappa shape index (κ2) is 7.23. The molecule has 6 heteroatoms. The van der Waals surface area contributed by atoms with Crippen LogP contribution in [0.3, 0.4) is 0 Å². The van der Waals surface area contributed by atoms with Gasteiger partial charge in [-0.3, -0.25) is 9.59 Å². The monoisotopic (exact) mass is 371 g/mol. The van der Waals surface area contributed by atoms with E-state index in [4.69, 9.17) is 11.6 Å². The molecule has 0 atom stereocenters. The Labute approximate surface area is 157 Å². The first-order chi connectivity index (χ1) is 12.6. The molecule has 0 radical (unpaired) electrons. The van der Waals surface area contributed by atoms with E-state index in [1.807, 2.05) is 4.90 Å². The molecule has 2 heterocycles. The number of aromatic nitrogens is 2. The standard InChI is InChI=1S/C20H22ClN3O2/c21-17-6-4-15(5-7-17)20(26)23-10-8-14(9-11-23)13-24-19(25)12-16-2-1-3-18(16)22-24/h4-7,12,14H,1-3,8-11,13H2. The van der Waals surface area contributed by atoms with Crippen molar-refractivity contribution in [2.45, 2.75) is 38.6 Å². The van der Waals surface area contributed by atoms with Crippen molar-refractivity contribution in [3.63, 3.8) is 0 Å². The Kier molecular flexibility index (Phi) is 4.81. The highest BCUT2D eigenvalue weighted by Gasteiger charge is 2.25. The number of amides is 1. The number of carbonyl (C=O) groups is 1. The van der Waals surface area contributed by atoms with Crippen molar-refractivity contribution in [2.24, 2.45) is 5.92 Å². The lowest BCUT2D eigenvalue weighted by atomic mass is 9.96. The van der Waals surface area contributed by atoms with Gasteiger partial charge in [0.25, 0.3) is 11.5 Å². The Balaban J connectivity index is 1.37. The third-order valence-electron chi connectivity index (χ3n) is 5.45. The summed E-state index contributed by atoms with van der Waals surface area (Å²) in [4.78, 5) is 26.7. The number of piperidine rings is 1. The topological polar surface area (TPSA) is 55.2 Å². The number of carbonyl (C=O) groups excluding carboxylic acids is 1. The second-order valence-corrected chi connectivity index (χ2v) is 7.67. The van der Waals surface area contributed by atoms with E-state index < -0.39 is 0 Å². The molecule has 0 bridgehead atoms. The zero-order valence-corrected chi connectivity index (χ0v) is 15.4. The third kappa shape index (κ3) is 3.54. The van der Waals surface area contributed by atoms with Crippen LogP contribution >= 0.6 is 11.6 Å². The van der Waals surface area contributed by atoms with Gasteiger partial charge < -0.3 is 4.90 Å². The summed E-state index contributed by atoms with van der Waals surface area (Å²) in [6.45, 7) is 2.08. The first kappa shape index (κ1) is 17.3. The molecule has 1 amide bonds. The number of rotatable bonds is 3. The number of hydrogen-bond donors (Lipinski definition) is 0. The SMILES string of the molecule is O=C(c1ccc(Cl)cc1)N1CCC(Cn2nc3c(cc2=O)CCC3)CC1. The van der Waals surface area contributed by atoms with E-state index in [9.17, 15) is 9.59 Å². The Bertz CT molecular complexity index is 868. The zero-order chi connectivity index (χ0) is 18.1. The van der Waals surface area contributed by atoms with Crippen LogP contribution in [0.2, 0.25) is 5.02 Å². The molecule has 2 aliphatic rings. The molecule has 136 valence electrons. The van der Waals surface area contributed by atoms with E-state index in [0.717, 1.165) is 43.4 Å². The molecule has 26 heavy (non-hydrogen) atoms. The summed E-state index contributed by atoms with van der Waals surface area (Å²) in [7, 11) is 0. The number of nitrogens with zero attached hydrogens (tertiary/aromatic N) is 3. The van der Waals surface area contributed by atoms with Gasteiger partial charge in [0.05, 0.1) is 5.69 Å². The van der Waals surface area contributed by atoms with Crippen molar-refractivity contribution in [1.82, 2.24) is 14.7 Å². The molecule has 1 aliphatic carbocycles. The van der Waals surface area contributed by atoms with Gasteiger partial charge in [0.15, 0.2) is 0 Å². The summed E-state index contributed by atoms with van der Waals surface area (Å²) < 4.78 is 1.63. The van der Waals surface area contributed by atoms with Gasteiger partial charge in [0, 0.05) is 36.3 Å². The summed E-state index contributed by atoms with van der Waals surface area (Å²) >= 11 is 5.89. The van der Waals surface area contributed by atoms with Crippen molar-refractivity contribution in [1.29, 1.82) is 0 Å². The molecular weight excluding hydrogens is 350 g/mol. The molecule has 0 spiro atoms. The Hall–Kier alpha value is -2.14. The van der Waals surface area contributed by atoms with Crippen LogP contribution < -0.4 is 5.56 Å². The fraction of sp³-hybridized carbons (Fsp3) is 0.450. The molecule has 4 rings (SSSR count). The second-order valence-electron chi connectivity index (χ2n) is 7.23. The van der Waals surface area contributed by atoms with Gasteiger partial charge in [0.2, 0.25) is 0 Å². The van der Waals surface area contributed by atoms with E-state index in [1.54, 1.807) is 35.0 Å². The van der Waals surface area contributed by atoms with E-state index >= 15 is 0 Å². The average Bonchev–Trinajstić information content (AvgIpc) is 3.10. The lowest BCUT2D eigenvalue weighted by molar-refractivity contribution is 0.0680. The van der Waals surface area contributed by atoms with E-state index in [0.29, 0.717) is 36.1 Å². The lowest BCUT2D eigenvalue weighted by Gasteiger charge is -2.32. The lowest BCUT2D eigenvalue weighted by Crippen LogP contribution is -2.40. The molecule has 1 aromatic carbocycles. The van der Waals surface area contributed by atoms with E-state index in [1.165, 1.54) is 0 Å². The highest BCUT2D eigenvalue weighted by atomic mass is 35.5. The number of benzene rings is 1. The Morgan fingerprint density at radius 2 is 1.88 bits per heavy atom. The summed E-state index contributed by atoms with van der Waals surface area (Å²) in [5.41, 5.74) is 2.88. The predicted molar refractivity (Wildman–Crippen MR) is 101 cm³/mol. The normalized spacial score (nSPS) is 17.3. The zero-order valence-electron chi connectivity index (χ0n) is 14.7. The highest BCUT2D eigenvalue weighted by molar-refractivity contribution is 6.30. The van der Waals surface area contributed by atoms with Crippen LogP contribution in [-0.4, -0.2) is 33.7 Å². The van der Waals surface area contributed by atoms with Crippen LogP contribution in [0.5, 0.6) is 0 Å². The number of likely N-dealkylation sites (tertiary alicyclic amines) is 1. The minimum Gasteiger partial charge on any atom is -0.339 e. The molecule has 1 fully saturated rings. The largest absolute Gasteiger partial charge is 0.339 e. The van der Waals surface area contributed by atoms with Gasteiger partial charge in [-0.2, -0.15) is 5.10 Å². The van der Waals surface area contributed by atoms with Crippen molar-refractivity contribution in [3.8, 4) is 0 Å². The molecule has 1 saturated heterocycles. The van der Waals surface area contributed by atoms with Gasteiger partial charge in [-0.25, -0.2) is 4.68 Å². The minimum atomic E-state index is 0.00493. The van der Waals surface area contributed by atoms with Crippen LogP contribution in [0.1, 0.15) is 40.9 Å². The number of hydrogen-bond acceptors (Lipinski definition) is 3. The van der Waals surface area contributed by atoms with Crippen molar-refractivity contribution in [3.05, 3.63) is 62.5 Å². The minimum absolute atomic E-state index is 0.00493. The van der Waals surface area contributed by atoms with E-state index in [2.05, 4.69) is 5.10 Å². The highest BCUT2D eigenvalue weighted by Crippen LogP contribution is 2.22. The quantitative estimate of drug-likeness (QED) is 0.833. The van der Waals surface area contributed by atoms with Gasteiger partial charge in [-0.1, -0.05) is 11.6 Å². The molecular formula is C20H22ClN3O2. The molecule has 5 nitrogen and oxygen atoms in total. The van der Waals surface area contributed by atoms with Crippen molar-refractivity contribution >= 4 is 17.5 Å². The predicted octanol–water partition coefficient (Wildman–Crippen LogP) is 2.94. The molecule has 0 saturated carbocycles. The molecule has 0 unspecified atom stereocenters. The van der Waals surface area contributed by atoms with E-state index in [-0.39, 0.29) is 11.5 Å². The number of halogens is 1. The van der Waals surface area contributed by atoms with Crippen molar-refractivity contribution in [2.75, 3.05) is 13.1 Å². The molecule has 2 aromatic rings. The number of fused-ring (bicyclic) bond motifs is 1. The first-order valence-corrected chi connectivity index (χ1v) is 9.63. The Morgan fingerprint density at radius 1 is 1.15 bits per heavy atom. The van der Waals surface area contributed by atoms with Crippen molar-refractivity contribution < 1.29 is 4.79 Å². The van der Waals surface area contributed by atoms with Crippen LogP contribution in [-0.2, 0) is 19.4 Å². The Morgan fingerprint density at radius 3 is 2.62 bits per heavy atom. The fourth-order valence-corrected chi connectivity index (χ4v) is 4.03. The van der Waals surface area contributed by atoms with Crippen LogP contribution in [0, 0.1) is 5.92 Å². The molecule has 0 N–H and O–H groups in total. The average molecular weight is 372 g/mol. The molecule has 1 aromatic heterocycles. The van der Waals surface area contributed by atoms with Crippen LogP contribution in [0.4, 0.5) is 0 Å².